The summed E-state index contributed by atoms with van der Waals surface area (Å²) in [5, 5.41) is 2.73. The Morgan fingerprint density at radius 2 is 2.05 bits per heavy atom. The number of nitrogens with one attached hydrogen (secondary N) is 1. The van der Waals surface area contributed by atoms with Gasteiger partial charge in [-0.05, 0) is 32.2 Å². The minimum atomic E-state index is -0.672. The summed E-state index contributed by atoms with van der Waals surface area (Å²) >= 11 is 0. The van der Waals surface area contributed by atoms with Crippen molar-refractivity contribution in [1.29, 1.82) is 0 Å². The van der Waals surface area contributed by atoms with Crippen LogP contribution in [0.3, 0.4) is 0 Å². The van der Waals surface area contributed by atoms with Crippen LogP contribution in [0.2, 0.25) is 0 Å². The molecule has 1 amide bonds. The van der Waals surface area contributed by atoms with Crippen molar-refractivity contribution in [2.45, 2.75) is 44.2 Å². The lowest BCUT2D eigenvalue weighted by Crippen LogP contribution is -2.49. The first kappa shape index (κ1) is 14.0. The predicted molar refractivity (Wildman–Crippen MR) is 67.4 cm³/mol. The van der Waals surface area contributed by atoms with Gasteiger partial charge < -0.3 is 10.1 Å². The van der Waals surface area contributed by atoms with Crippen LogP contribution in [0.4, 0.5) is 0 Å². The monoisotopic (exact) mass is 268 g/mol. The molecule has 0 unspecified atom stereocenters. The minimum Gasteiger partial charge on any atom is -0.468 e. The second-order valence-electron chi connectivity index (χ2n) is 5.34. The number of Topliss-reactive ketones (excluding diaryl/α,β-unsaturated/α-hetero) is 1. The van der Waals surface area contributed by atoms with E-state index in [9.17, 15) is 14.4 Å². The molecule has 19 heavy (non-hydrogen) atoms. The molecule has 0 aromatic rings. The molecular formula is C13H20N2O4. The average molecular weight is 268 g/mol. The summed E-state index contributed by atoms with van der Waals surface area (Å²) in [6.07, 6.45) is 3.01. The van der Waals surface area contributed by atoms with E-state index in [4.69, 9.17) is 4.74 Å². The zero-order chi connectivity index (χ0) is 14.0. The molecule has 2 rings (SSSR count). The molecule has 1 aliphatic heterocycles. The normalized spacial score (nSPS) is 24.8. The van der Waals surface area contributed by atoms with Crippen LogP contribution in [0.5, 0.6) is 0 Å². The second-order valence-corrected chi connectivity index (χ2v) is 5.34. The molecule has 6 heteroatoms. The third kappa shape index (κ3) is 2.94. The van der Waals surface area contributed by atoms with Gasteiger partial charge in [0, 0.05) is 6.92 Å². The lowest BCUT2D eigenvalue weighted by molar-refractivity contribution is -0.146. The highest BCUT2D eigenvalue weighted by Crippen LogP contribution is 2.37. The number of nitrogens with zero attached hydrogens (tertiary/aromatic N) is 1. The quantitative estimate of drug-likeness (QED) is 0.702. The van der Waals surface area contributed by atoms with Gasteiger partial charge in [-0.2, -0.15) is 0 Å². The van der Waals surface area contributed by atoms with E-state index in [1.807, 2.05) is 4.90 Å². The first-order valence-corrected chi connectivity index (χ1v) is 6.62. The third-order valence-electron chi connectivity index (χ3n) is 3.88. The van der Waals surface area contributed by atoms with Crippen LogP contribution in [-0.2, 0) is 19.1 Å². The zero-order valence-corrected chi connectivity index (χ0v) is 11.4. The Labute approximate surface area is 112 Å². The van der Waals surface area contributed by atoms with Gasteiger partial charge >= 0.3 is 5.97 Å². The van der Waals surface area contributed by atoms with Crippen molar-refractivity contribution in [1.82, 2.24) is 10.2 Å². The molecule has 2 aliphatic rings. The molecular weight excluding hydrogens is 248 g/mol. The molecule has 6 nitrogen and oxygen atoms in total. The summed E-state index contributed by atoms with van der Waals surface area (Å²) < 4.78 is 4.75. The lowest BCUT2D eigenvalue weighted by atomic mass is 10.1. The highest BCUT2D eigenvalue weighted by Gasteiger charge is 2.51. The summed E-state index contributed by atoms with van der Waals surface area (Å²) in [5.41, 5.74) is -0.672. The largest absolute Gasteiger partial charge is 0.468 e. The molecule has 106 valence electrons. The van der Waals surface area contributed by atoms with Crippen molar-refractivity contribution in [3.05, 3.63) is 0 Å². The van der Waals surface area contributed by atoms with Gasteiger partial charge in [0.05, 0.1) is 19.2 Å². The Kier molecular flexibility index (Phi) is 3.89. The molecule has 1 saturated heterocycles. The highest BCUT2D eigenvalue weighted by molar-refractivity contribution is 5.96. The van der Waals surface area contributed by atoms with E-state index >= 15 is 0 Å². The molecule has 0 spiro atoms. The summed E-state index contributed by atoms with van der Waals surface area (Å²) in [4.78, 5) is 36.8. The van der Waals surface area contributed by atoms with E-state index < -0.39 is 5.54 Å². The number of esters is 1. The molecule has 0 aromatic carbocycles. The van der Waals surface area contributed by atoms with Gasteiger partial charge in [-0.25, -0.2) is 0 Å². The Hall–Kier alpha value is -1.43. The zero-order valence-electron chi connectivity index (χ0n) is 11.4. The number of methoxy groups -OCH3 is 1. The molecule has 1 heterocycles. The highest BCUT2D eigenvalue weighted by atomic mass is 16.5. The van der Waals surface area contributed by atoms with Gasteiger partial charge in [0.1, 0.15) is 6.04 Å². The van der Waals surface area contributed by atoms with E-state index in [0.29, 0.717) is 12.8 Å². The maximum Gasteiger partial charge on any atom is 0.323 e. The van der Waals surface area contributed by atoms with Crippen molar-refractivity contribution in [3.8, 4) is 0 Å². The van der Waals surface area contributed by atoms with Gasteiger partial charge in [0.15, 0.2) is 5.78 Å². The number of hydrogen-bond acceptors (Lipinski definition) is 5. The minimum absolute atomic E-state index is 0.00139. The maximum absolute atomic E-state index is 12.3. The SMILES string of the molecule is COC(=O)[C@@H]1CCCN1CC(=O)C1(NC(C)=O)CC1. The van der Waals surface area contributed by atoms with Crippen LogP contribution >= 0.6 is 0 Å². The number of hydrogen-bond donors (Lipinski definition) is 1. The molecule has 0 bridgehead atoms. The van der Waals surface area contributed by atoms with Crippen LogP contribution in [-0.4, -0.2) is 54.3 Å². The van der Waals surface area contributed by atoms with Gasteiger partial charge in [0.25, 0.3) is 0 Å². The number of ether oxygens (including phenoxy) is 1. The third-order valence-corrected chi connectivity index (χ3v) is 3.88. The molecule has 1 atom stereocenters. The first-order valence-electron chi connectivity index (χ1n) is 6.62. The topological polar surface area (TPSA) is 75.7 Å². The van der Waals surface area contributed by atoms with Crippen LogP contribution in [0, 0.1) is 0 Å². The molecule has 0 aromatic heterocycles. The fourth-order valence-electron chi connectivity index (χ4n) is 2.69. The predicted octanol–water partition coefficient (Wildman–Crippen LogP) is -0.138. The van der Waals surface area contributed by atoms with Gasteiger partial charge in [-0.15, -0.1) is 0 Å². The van der Waals surface area contributed by atoms with Crippen LogP contribution in [0.1, 0.15) is 32.6 Å². The average Bonchev–Trinajstić information content (AvgIpc) is 2.99. The van der Waals surface area contributed by atoms with E-state index in [2.05, 4.69) is 5.32 Å². The molecule has 1 N–H and O–H groups in total. The van der Waals surface area contributed by atoms with E-state index in [1.165, 1.54) is 14.0 Å². The van der Waals surface area contributed by atoms with Gasteiger partial charge in [0.2, 0.25) is 5.91 Å². The number of carbonyl (C=O) groups is 3. The van der Waals surface area contributed by atoms with Crippen LogP contribution in [0.25, 0.3) is 0 Å². The van der Waals surface area contributed by atoms with Crippen molar-refractivity contribution >= 4 is 17.7 Å². The Morgan fingerprint density at radius 3 is 2.58 bits per heavy atom. The lowest BCUT2D eigenvalue weighted by Gasteiger charge is -2.24. The molecule has 1 aliphatic carbocycles. The van der Waals surface area contributed by atoms with Gasteiger partial charge in [-0.1, -0.05) is 0 Å². The number of rotatable bonds is 5. The number of carbonyl (C=O) groups excluding carboxylic acids is 3. The maximum atomic E-state index is 12.3. The van der Waals surface area contributed by atoms with E-state index in [-0.39, 0.29) is 30.2 Å². The summed E-state index contributed by atoms with van der Waals surface area (Å²) in [5.74, 6) is -0.468. The number of likely N-dealkylation sites (tertiary alicyclic amines) is 1. The van der Waals surface area contributed by atoms with Crippen molar-refractivity contribution in [2.24, 2.45) is 0 Å². The first-order chi connectivity index (χ1) is 8.98. The fraction of sp³-hybridized carbons (Fsp3) is 0.769. The van der Waals surface area contributed by atoms with E-state index in [0.717, 1.165) is 19.4 Å². The van der Waals surface area contributed by atoms with Crippen molar-refractivity contribution < 1.29 is 19.1 Å². The Bertz CT molecular complexity index is 403. The van der Waals surface area contributed by atoms with Gasteiger partial charge in [-0.3, -0.25) is 19.3 Å². The smallest absolute Gasteiger partial charge is 0.323 e. The summed E-state index contributed by atoms with van der Waals surface area (Å²) in [6, 6.07) is -0.318. The van der Waals surface area contributed by atoms with Crippen molar-refractivity contribution in [3.63, 3.8) is 0 Å². The second kappa shape index (κ2) is 5.28. The summed E-state index contributed by atoms with van der Waals surface area (Å²) in [7, 11) is 1.36. The number of ketones is 1. The Morgan fingerprint density at radius 1 is 1.37 bits per heavy atom. The van der Waals surface area contributed by atoms with Crippen molar-refractivity contribution in [2.75, 3.05) is 20.2 Å². The summed E-state index contributed by atoms with van der Waals surface area (Å²) in [6.45, 7) is 2.35. The number of amides is 1. The molecule has 2 fully saturated rings. The van der Waals surface area contributed by atoms with E-state index in [1.54, 1.807) is 0 Å². The standard InChI is InChI=1S/C13H20N2O4/c1-9(16)14-13(5-6-13)11(17)8-15-7-3-4-10(15)12(18)19-2/h10H,3-8H2,1-2H3,(H,14,16)/t10-/m0/s1. The van der Waals surface area contributed by atoms with Crippen LogP contribution < -0.4 is 5.32 Å². The molecule has 1 saturated carbocycles. The Balaban J connectivity index is 1.95. The fourth-order valence-corrected chi connectivity index (χ4v) is 2.69. The van der Waals surface area contributed by atoms with Crippen LogP contribution in [0.15, 0.2) is 0 Å². The molecule has 0 radical (unpaired) electrons.